The molecule has 0 bridgehead atoms. The molecule has 0 spiro atoms. The van der Waals surface area contributed by atoms with Crippen molar-refractivity contribution in [2.75, 3.05) is 6.54 Å². The van der Waals surface area contributed by atoms with Crippen LogP contribution >= 0.6 is 0 Å². The van der Waals surface area contributed by atoms with Gasteiger partial charge in [0.15, 0.2) is 5.76 Å². The van der Waals surface area contributed by atoms with E-state index in [1.165, 1.54) is 12.1 Å². The van der Waals surface area contributed by atoms with Gasteiger partial charge in [0.2, 0.25) is 11.8 Å². The van der Waals surface area contributed by atoms with Gasteiger partial charge in [-0.3, -0.25) is 44.3 Å². The van der Waals surface area contributed by atoms with E-state index >= 15 is 0 Å². The molecule has 1 fully saturated rings. The maximum atomic E-state index is 13.1. The average molecular weight is 712 g/mol. The van der Waals surface area contributed by atoms with E-state index in [4.69, 9.17) is 9.40 Å². The summed E-state index contributed by atoms with van der Waals surface area (Å²) in [5, 5.41) is 16.3. The Labute approximate surface area is 303 Å². The fourth-order valence-corrected chi connectivity index (χ4v) is 6.57. The highest BCUT2D eigenvalue weighted by Gasteiger charge is 2.44. The number of furan rings is 1. The van der Waals surface area contributed by atoms with Crippen molar-refractivity contribution < 1.29 is 33.3 Å². The number of benzene rings is 3. The molecule has 2 aliphatic heterocycles. The fraction of sp³-hybridized carbons (Fsp3) is 0.200. The van der Waals surface area contributed by atoms with E-state index in [1.807, 2.05) is 30.3 Å². The van der Waals surface area contributed by atoms with Gasteiger partial charge in [0.05, 0.1) is 28.0 Å². The number of amides is 5. The third-order valence-corrected chi connectivity index (χ3v) is 9.39. The molecule has 3 aromatic carbocycles. The predicted molar refractivity (Wildman–Crippen MR) is 192 cm³/mol. The molecule has 1 atom stereocenters. The first-order valence-electron chi connectivity index (χ1n) is 17.2. The number of nitro benzene ring substituents is 1. The van der Waals surface area contributed by atoms with Crippen LogP contribution in [-0.4, -0.2) is 56.9 Å². The van der Waals surface area contributed by atoms with Gasteiger partial charge in [-0.2, -0.15) is 0 Å². The Kier molecular flexibility index (Phi) is 9.71. The van der Waals surface area contributed by atoms with Crippen LogP contribution in [0, 0.1) is 10.1 Å². The number of carbonyl (C=O) groups excluding carboxylic acids is 5. The summed E-state index contributed by atoms with van der Waals surface area (Å²) >= 11 is 0. The number of nitrogens with one attached hydrogen (secondary N) is 2. The summed E-state index contributed by atoms with van der Waals surface area (Å²) < 4.78 is 5.59. The van der Waals surface area contributed by atoms with Crippen LogP contribution in [0.1, 0.15) is 68.7 Å². The van der Waals surface area contributed by atoms with Crippen molar-refractivity contribution >= 4 is 35.2 Å². The Morgan fingerprint density at radius 3 is 2.30 bits per heavy atom. The molecule has 5 amide bonds. The topological polar surface area (TPSA) is 182 Å². The number of piperidine rings is 1. The van der Waals surface area contributed by atoms with Crippen molar-refractivity contribution in [3.63, 3.8) is 0 Å². The molecule has 4 heterocycles. The normalized spacial score (nSPS) is 15.3. The Hall–Kier alpha value is -6.76. The van der Waals surface area contributed by atoms with Crippen LogP contribution in [0.3, 0.4) is 0 Å². The molecule has 7 rings (SSSR count). The van der Waals surface area contributed by atoms with Crippen LogP contribution in [0.2, 0.25) is 0 Å². The lowest BCUT2D eigenvalue weighted by Crippen LogP contribution is -2.54. The predicted octanol–water partition coefficient (Wildman–Crippen LogP) is 6.13. The number of rotatable bonds is 12. The molecule has 1 unspecified atom stereocenters. The second-order valence-corrected chi connectivity index (χ2v) is 12.9. The van der Waals surface area contributed by atoms with Crippen molar-refractivity contribution in [2.24, 2.45) is 0 Å². The largest absolute Gasteiger partial charge is 0.463 e. The number of imide groups is 2. The molecule has 1 saturated heterocycles. The van der Waals surface area contributed by atoms with E-state index in [0.717, 1.165) is 40.9 Å². The number of hydrogen-bond donors (Lipinski definition) is 2. The monoisotopic (exact) mass is 711 g/mol. The maximum Gasteiger partial charge on any atom is 0.269 e. The highest BCUT2D eigenvalue weighted by molar-refractivity contribution is 6.23. The second-order valence-electron chi connectivity index (χ2n) is 12.9. The number of nitrogens with zero attached hydrogens (tertiary/aromatic N) is 3. The molecule has 2 aliphatic rings. The van der Waals surface area contributed by atoms with Gasteiger partial charge in [-0.25, -0.2) is 4.98 Å². The summed E-state index contributed by atoms with van der Waals surface area (Å²) in [7, 11) is 0. The molecular formula is C40H33N5O8. The van der Waals surface area contributed by atoms with Crippen LogP contribution in [0.15, 0.2) is 102 Å². The summed E-state index contributed by atoms with van der Waals surface area (Å²) in [6.45, 7) is 0.480. The minimum absolute atomic E-state index is 0.0128. The first kappa shape index (κ1) is 34.7. The van der Waals surface area contributed by atoms with Crippen LogP contribution in [0.4, 0.5) is 5.69 Å². The first-order valence-corrected chi connectivity index (χ1v) is 17.2. The molecule has 13 nitrogen and oxygen atoms in total. The van der Waals surface area contributed by atoms with Gasteiger partial charge < -0.3 is 9.73 Å². The minimum atomic E-state index is -0.997. The zero-order chi connectivity index (χ0) is 37.1. The Morgan fingerprint density at radius 1 is 0.849 bits per heavy atom. The smallest absolute Gasteiger partial charge is 0.269 e. The Balaban J connectivity index is 0.921. The van der Waals surface area contributed by atoms with Gasteiger partial charge in [0.25, 0.3) is 23.4 Å². The van der Waals surface area contributed by atoms with E-state index in [2.05, 4.69) is 10.6 Å². The number of aromatic nitrogens is 1. The van der Waals surface area contributed by atoms with Crippen LogP contribution in [-0.2, 0) is 16.0 Å². The van der Waals surface area contributed by atoms with Crippen molar-refractivity contribution in [2.45, 2.75) is 44.6 Å². The summed E-state index contributed by atoms with van der Waals surface area (Å²) in [5.41, 5.74) is 5.50. The third-order valence-electron chi connectivity index (χ3n) is 9.39. The number of aryl methyl sites for hydroxylation is 1. The number of non-ortho nitro benzene ring substituents is 1. The minimum Gasteiger partial charge on any atom is -0.463 e. The molecule has 13 heteroatoms. The summed E-state index contributed by atoms with van der Waals surface area (Å²) in [4.78, 5) is 79.2. The molecule has 0 saturated carbocycles. The second kappa shape index (κ2) is 14.8. The summed E-state index contributed by atoms with van der Waals surface area (Å²) in [5.74, 6) is -1.73. The quantitative estimate of drug-likeness (QED) is 0.0666. The van der Waals surface area contributed by atoms with Gasteiger partial charge in [0.1, 0.15) is 11.7 Å². The van der Waals surface area contributed by atoms with E-state index in [9.17, 15) is 34.1 Å². The Morgan fingerprint density at radius 2 is 1.58 bits per heavy atom. The van der Waals surface area contributed by atoms with Crippen LogP contribution < -0.4 is 10.6 Å². The van der Waals surface area contributed by atoms with Crippen molar-refractivity contribution in [1.29, 1.82) is 0 Å². The number of carbonyl (C=O) groups is 5. The first-order chi connectivity index (χ1) is 25.7. The molecule has 5 aromatic rings. The van der Waals surface area contributed by atoms with Gasteiger partial charge in [0, 0.05) is 36.2 Å². The maximum absolute atomic E-state index is 13.1. The van der Waals surface area contributed by atoms with E-state index in [-0.39, 0.29) is 35.6 Å². The van der Waals surface area contributed by atoms with Crippen molar-refractivity contribution in [3.8, 4) is 33.8 Å². The molecule has 2 aromatic heterocycles. The summed E-state index contributed by atoms with van der Waals surface area (Å²) in [6.07, 6.45) is 4.78. The molecular weight excluding hydrogens is 678 g/mol. The molecule has 2 N–H and O–H groups in total. The number of unbranched alkanes of at least 4 members (excludes halogenated alkanes) is 2. The van der Waals surface area contributed by atoms with Gasteiger partial charge in [-0.05, 0) is 103 Å². The summed E-state index contributed by atoms with van der Waals surface area (Å²) in [6, 6.07) is 24.9. The highest BCUT2D eigenvalue weighted by Crippen LogP contribution is 2.32. The SMILES string of the molecule is O=C1CCC(N2C(=O)c3ccc(CCCCCNC(=O)c4ccc(-c5cc(-c6ccc([N+](=O)[O-])cc6)nc(-c6ccco6)c5)cc4)cc3C2=O)C(=O)N1. The van der Waals surface area contributed by atoms with Gasteiger partial charge in [-0.15, -0.1) is 0 Å². The highest BCUT2D eigenvalue weighted by atomic mass is 16.6. The van der Waals surface area contributed by atoms with Crippen LogP contribution in [0.25, 0.3) is 33.8 Å². The lowest BCUT2D eigenvalue weighted by atomic mass is 10.00. The fourth-order valence-electron chi connectivity index (χ4n) is 6.57. The van der Waals surface area contributed by atoms with E-state index in [0.29, 0.717) is 41.2 Å². The number of hydrogen-bond acceptors (Lipinski definition) is 9. The zero-order valence-corrected chi connectivity index (χ0v) is 28.4. The van der Waals surface area contributed by atoms with E-state index in [1.54, 1.807) is 54.8 Å². The average Bonchev–Trinajstić information content (AvgIpc) is 3.80. The lowest BCUT2D eigenvalue weighted by Gasteiger charge is -2.27. The number of nitro groups is 1. The standard InChI is InChI=1S/C40H33N5O8/c46-36-18-17-34(38(48)43-36)44-39(49)30-16-7-24(21-31(30)40(44)50)5-2-1-3-19-41-37(47)27-10-8-25(9-11-27)28-22-32(26-12-14-29(15-13-26)45(51)52)42-33(23-28)35-6-4-20-53-35/h4,6-16,20-23,34H,1-3,5,17-19H2,(H,41,47)(H,43,46,48). The number of fused-ring (bicyclic) bond motifs is 1. The lowest BCUT2D eigenvalue weighted by molar-refractivity contribution is -0.384. The zero-order valence-electron chi connectivity index (χ0n) is 28.4. The molecule has 0 radical (unpaired) electrons. The number of pyridine rings is 1. The van der Waals surface area contributed by atoms with Gasteiger partial charge in [-0.1, -0.05) is 24.6 Å². The third kappa shape index (κ3) is 7.35. The van der Waals surface area contributed by atoms with Gasteiger partial charge >= 0.3 is 0 Å². The van der Waals surface area contributed by atoms with Crippen molar-refractivity contribution in [1.82, 2.24) is 20.5 Å². The Bertz CT molecular complexity index is 2250. The van der Waals surface area contributed by atoms with E-state index < -0.39 is 34.6 Å². The van der Waals surface area contributed by atoms with Crippen LogP contribution in [0.5, 0.6) is 0 Å². The molecule has 0 aliphatic carbocycles. The van der Waals surface area contributed by atoms with Crippen molar-refractivity contribution in [3.05, 3.63) is 130 Å². The molecule has 266 valence electrons. The molecule has 53 heavy (non-hydrogen) atoms.